The van der Waals surface area contributed by atoms with E-state index in [1.54, 1.807) is 0 Å². The van der Waals surface area contributed by atoms with E-state index >= 15 is 0 Å². The SMILES string of the molecule is CC.CC(=O)C(=O)N1Cc2[nH]c3ccccc3c2CC1C(=O)O. The molecule has 0 spiro atoms. The topological polar surface area (TPSA) is 90.5 Å². The Labute approximate surface area is 134 Å². The van der Waals surface area contributed by atoms with Crippen LogP contribution >= 0.6 is 0 Å². The van der Waals surface area contributed by atoms with Crippen LogP contribution in [0, 0.1) is 0 Å². The van der Waals surface area contributed by atoms with Gasteiger partial charge in [-0.15, -0.1) is 0 Å². The van der Waals surface area contributed by atoms with Crippen LogP contribution in [0.25, 0.3) is 10.9 Å². The number of para-hydroxylation sites is 1. The van der Waals surface area contributed by atoms with Crippen molar-refractivity contribution in [3.05, 3.63) is 35.5 Å². The smallest absolute Gasteiger partial charge is 0.326 e. The summed E-state index contributed by atoms with van der Waals surface area (Å²) in [6, 6.07) is 6.59. The van der Waals surface area contributed by atoms with Crippen LogP contribution in [0.5, 0.6) is 0 Å². The number of nitrogens with zero attached hydrogens (tertiary/aromatic N) is 1. The number of carbonyl (C=O) groups excluding carboxylic acids is 2. The Morgan fingerprint density at radius 3 is 2.48 bits per heavy atom. The molecule has 2 N–H and O–H groups in total. The molecule has 1 atom stereocenters. The van der Waals surface area contributed by atoms with Crippen molar-refractivity contribution in [2.24, 2.45) is 0 Å². The zero-order chi connectivity index (χ0) is 17.1. The highest BCUT2D eigenvalue weighted by Crippen LogP contribution is 2.30. The van der Waals surface area contributed by atoms with Gasteiger partial charge < -0.3 is 15.0 Å². The number of carboxylic acid groups (broad SMARTS) is 1. The molecule has 2 aromatic rings. The standard InChI is InChI=1S/C15H14N2O4.C2H6/c1-8(18)14(19)17-7-12-10(6-13(17)15(20)21)9-4-2-3-5-11(9)16-12;1-2/h2-5,13,16H,6-7H2,1H3,(H,20,21);1-2H3. The molecule has 1 aromatic carbocycles. The summed E-state index contributed by atoms with van der Waals surface area (Å²) in [7, 11) is 0. The van der Waals surface area contributed by atoms with Gasteiger partial charge in [-0.05, 0) is 11.6 Å². The Morgan fingerprint density at radius 1 is 1.22 bits per heavy atom. The maximum Gasteiger partial charge on any atom is 0.326 e. The lowest BCUT2D eigenvalue weighted by molar-refractivity contribution is -0.154. The number of aromatic nitrogens is 1. The van der Waals surface area contributed by atoms with Gasteiger partial charge in [0.25, 0.3) is 5.91 Å². The number of hydrogen-bond acceptors (Lipinski definition) is 3. The van der Waals surface area contributed by atoms with Gasteiger partial charge in [-0.25, -0.2) is 4.79 Å². The van der Waals surface area contributed by atoms with Crippen molar-refractivity contribution in [1.29, 1.82) is 0 Å². The van der Waals surface area contributed by atoms with E-state index in [0.29, 0.717) is 0 Å². The predicted octanol–water partition coefficient (Wildman–Crippen LogP) is 2.12. The Balaban J connectivity index is 0.000000924. The first-order valence-electron chi connectivity index (χ1n) is 7.62. The number of nitrogens with one attached hydrogen (secondary N) is 1. The highest BCUT2D eigenvalue weighted by atomic mass is 16.4. The second kappa shape index (κ2) is 6.64. The molecule has 0 saturated carbocycles. The molecule has 3 rings (SSSR count). The Kier molecular flexibility index (Phi) is 4.83. The summed E-state index contributed by atoms with van der Waals surface area (Å²) < 4.78 is 0. The average Bonchev–Trinajstić information content (AvgIpc) is 2.92. The molecule has 122 valence electrons. The highest BCUT2D eigenvalue weighted by molar-refractivity contribution is 6.35. The zero-order valence-corrected chi connectivity index (χ0v) is 13.4. The molecule has 6 nitrogen and oxygen atoms in total. The minimum atomic E-state index is -1.10. The summed E-state index contributed by atoms with van der Waals surface area (Å²) in [4.78, 5) is 39.0. The summed E-state index contributed by atoms with van der Waals surface area (Å²) >= 11 is 0. The van der Waals surface area contributed by atoms with Crippen LogP contribution in [-0.4, -0.2) is 38.7 Å². The number of fused-ring (bicyclic) bond motifs is 3. The molecule has 0 bridgehead atoms. The lowest BCUT2D eigenvalue weighted by Crippen LogP contribution is -2.50. The zero-order valence-electron chi connectivity index (χ0n) is 13.4. The number of aliphatic carboxylic acids is 1. The summed E-state index contributed by atoms with van der Waals surface area (Å²) in [6.45, 7) is 5.27. The normalized spacial score (nSPS) is 16.3. The molecule has 0 aliphatic carbocycles. The van der Waals surface area contributed by atoms with E-state index in [2.05, 4.69) is 4.98 Å². The molecular weight excluding hydrogens is 296 g/mol. The van der Waals surface area contributed by atoms with E-state index in [1.807, 2.05) is 38.1 Å². The van der Waals surface area contributed by atoms with E-state index in [0.717, 1.165) is 34.0 Å². The number of ketones is 1. The van der Waals surface area contributed by atoms with Gasteiger partial charge in [0.05, 0.1) is 6.54 Å². The van der Waals surface area contributed by atoms with Crippen LogP contribution in [0.3, 0.4) is 0 Å². The maximum atomic E-state index is 11.9. The third kappa shape index (κ3) is 2.97. The third-order valence-electron chi connectivity index (χ3n) is 3.85. The molecule has 0 radical (unpaired) electrons. The molecule has 0 saturated heterocycles. The number of aromatic amines is 1. The van der Waals surface area contributed by atoms with Crippen LogP contribution in [0.2, 0.25) is 0 Å². The molecule has 2 heterocycles. The fraction of sp³-hybridized carbons (Fsp3) is 0.353. The largest absolute Gasteiger partial charge is 0.480 e. The number of amides is 1. The predicted molar refractivity (Wildman–Crippen MR) is 86.0 cm³/mol. The summed E-state index contributed by atoms with van der Waals surface area (Å²) in [6.07, 6.45) is 0.202. The number of H-pyrrole nitrogens is 1. The molecular formula is C17H20N2O4. The Morgan fingerprint density at radius 2 is 1.87 bits per heavy atom. The van der Waals surface area contributed by atoms with Gasteiger partial charge in [0, 0.05) is 29.9 Å². The summed E-state index contributed by atoms with van der Waals surface area (Å²) in [5.74, 6) is -2.51. The molecule has 6 heteroatoms. The van der Waals surface area contributed by atoms with Crippen LogP contribution in [0.1, 0.15) is 32.0 Å². The van der Waals surface area contributed by atoms with E-state index in [1.165, 1.54) is 0 Å². The van der Waals surface area contributed by atoms with E-state index in [9.17, 15) is 19.5 Å². The number of Topliss-reactive ketones (excluding diaryl/α,β-unsaturated/α-hetero) is 1. The van der Waals surface area contributed by atoms with Gasteiger partial charge in [-0.1, -0.05) is 32.0 Å². The maximum absolute atomic E-state index is 11.9. The van der Waals surface area contributed by atoms with Crippen molar-refractivity contribution < 1.29 is 19.5 Å². The van der Waals surface area contributed by atoms with E-state index in [-0.39, 0.29) is 13.0 Å². The minimum absolute atomic E-state index is 0.111. The summed E-state index contributed by atoms with van der Waals surface area (Å²) in [5.41, 5.74) is 2.61. The fourth-order valence-electron chi connectivity index (χ4n) is 2.84. The van der Waals surface area contributed by atoms with Crippen LogP contribution in [-0.2, 0) is 27.3 Å². The Bertz CT molecular complexity index is 763. The van der Waals surface area contributed by atoms with Crippen LogP contribution < -0.4 is 0 Å². The number of benzene rings is 1. The van der Waals surface area contributed by atoms with Crippen molar-refractivity contribution in [1.82, 2.24) is 9.88 Å². The molecule has 23 heavy (non-hydrogen) atoms. The van der Waals surface area contributed by atoms with E-state index < -0.39 is 23.7 Å². The third-order valence-corrected chi connectivity index (χ3v) is 3.85. The van der Waals surface area contributed by atoms with E-state index in [4.69, 9.17) is 0 Å². The molecule has 1 aliphatic heterocycles. The lowest BCUT2D eigenvalue weighted by Gasteiger charge is -2.32. The van der Waals surface area contributed by atoms with Gasteiger partial charge in [0.2, 0.25) is 5.78 Å². The minimum Gasteiger partial charge on any atom is -0.480 e. The number of hydrogen-bond donors (Lipinski definition) is 2. The number of carboxylic acids is 1. The van der Waals surface area contributed by atoms with Crippen molar-refractivity contribution in [3.8, 4) is 0 Å². The molecule has 1 amide bonds. The van der Waals surface area contributed by atoms with Gasteiger partial charge >= 0.3 is 5.97 Å². The first-order valence-corrected chi connectivity index (χ1v) is 7.62. The number of carbonyl (C=O) groups is 3. The lowest BCUT2D eigenvalue weighted by atomic mass is 9.96. The first kappa shape index (κ1) is 16.7. The number of rotatable bonds is 2. The molecule has 1 aliphatic rings. The molecule has 1 unspecified atom stereocenters. The molecule has 0 fully saturated rings. The quantitative estimate of drug-likeness (QED) is 0.830. The van der Waals surface area contributed by atoms with Gasteiger partial charge in [-0.3, -0.25) is 9.59 Å². The summed E-state index contributed by atoms with van der Waals surface area (Å²) in [5, 5.41) is 10.3. The van der Waals surface area contributed by atoms with Crippen molar-refractivity contribution in [3.63, 3.8) is 0 Å². The van der Waals surface area contributed by atoms with Crippen molar-refractivity contribution in [2.45, 2.75) is 39.8 Å². The Hall–Kier alpha value is -2.63. The van der Waals surface area contributed by atoms with Crippen molar-refractivity contribution in [2.75, 3.05) is 0 Å². The van der Waals surface area contributed by atoms with Crippen LogP contribution in [0.15, 0.2) is 24.3 Å². The second-order valence-corrected chi connectivity index (χ2v) is 5.18. The van der Waals surface area contributed by atoms with Gasteiger partial charge in [0.1, 0.15) is 6.04 Å². The van der Waals surface area contributed by atoms with Crippen molar-refractivity contribution >= 4 is 28.6 Å². The molecule has 1 aromatic heterocycles. The second-order valence-electron chi connectivity index (χ2n) is 5.18. The van der Waals surface area contributed by atoms with Gasteiger partial charge in [-0.2, -0.15) is 0 Å². The average molecular weight is 316 g/mol. The first-order chi connectivity index (χ1) is 11.0. The highest BCUT2D eigenvalue weighted by Gasteiger charge is 2.37. The van der Waals surface area contributed by atoms with Gasteiger partial charge in [0.15, 0.2) is 0 Å². The van der Waals surface area contributed by atoms with Crippen LogP contribution in [0.4, 0.5) is 0 Å². The monoisotopic (exact) mass is 316 g/mol. The fourth-order valence-corrected chi connectivity index (χ4v) is 2.84.